The van der Waals surface area contributed by atoms with Gasteiger partial charge in [-0.1, -0.05) is 53.5 Å². The summed E-state index contributed by atoms with van der Waals surface area (Å²) in [5, 5.41) is 5.03. The van der Waals surface area contributed by atoms with Crippen LogP contribution in [-0.4, -0.2) is 27.8 Å². The van der Waals surface area contributed by atoms with Crippen LogP contribution < -0.4 is 15.1 Å². The van der Waals surface area contributed by atoms with Gasteiger partial charge >= 0.3 is 0 Å². The average molecular weight is 649 g/mol. The molecule has 0 radical (unpaired) electrons. The summed E-state index contributed by atoms with van der Waals surface area (Å²) in [5.41, 5.74) is 7.67. The summed E-state index contributed by atoms with van der Waals surface area (Å²) in [6.07, 6.45) is 3.10. The number of thiocarbonyl (C=S) groups is 1. The van der Waals surface area contributed by atoms with Crippen LogP contribution in [0.25, 0.3) is 5.69 Å². The molecule has 4 aromatic rings. The summed E-state index contributed by atoms with van der Waals surface area (Å²) in [5.74, 6) is 1.29. The van der Waals surface area contributed by atoms with Crippen LogP contribution in [0.3, 0.4) is 0 Å². The first-order valence-electron chi connectivity index (χ1n) is 14.2. The predicted molar refractivity (Wildman–Crippen MR) is 177 cm³/mol. The molecule has 0 aliphatic carbocycles. The first kappa shape index (κ1) is 28.3. The molecular weight excluding hydrogens is 614 g/mol. The SMILES string of the molecule is Cc1cc([C@H]2[C@@H](c3ccccn3)NC(=S)N2c2ccc(N3C[C@H](C)C[C@H](C)C3)c(Cl)c2)c(C)n1-c1cccc(Br)c1. The number of pyridine rings is 1. The lowest BCUT2D eigenvalue weighted by atomic mass is 9.91. The summed E-state index contributed by atoms with van der Waals surface area (Å²) < 4.78 is 3.36. The molecule has 41 heavy (non-hydrogen) atoms. The van der Waals surface area contributed by atoms with E-state index in [1.807, 2.05) is 18.3 Å². The summed E-state index contributed by atoms with van der Waals surface area (Å²) >= 11 is 16.7. The smallest absolute Gasteiger partial charge is 0.174 e. The van der Waals surface area contributed by atoms with Crippen LogP contribution in [0.5, 0.6) is 0 Å². The molecule has 2 fully saturated rings. The largest absolute Gasteiger partial charge is 0.370 e. The Hall–Kier alpha value is -2.87. The third kappa shape index (κ3) is 5.40. The van der Waals surface area contributed by atoms with Gasteiger partial charge in [0.25, 0.3) is 0 Å². The molecule has 8 heteroatoms. The van der Waals surface area contributed by atoms with Crippen molar-refractivity contribution >= 4 is 56.2 Å². The van der Waals surface area contributed by atoms with Crippen molar-refractivity contribution < 1.29 is 0 Å². The zero-order valence-electron chi connectivity index (χ0n) is 23.8. The van der Waals surface area contributed by atoms with Crippen LogP contribution in [0.15, 0.2) is 77.4 Å². The second-order valence-corrected chi connectivity index (χ2v) is 13.3. The third-order valence-corrected chi connectivity index (χ3v) is 9.48. The number of halogens is 2. The number of nitrogens with one attached hydrogen (secondary N) is 1. The fourth-order valence-electron chi connectivity index (χ4n) is 6.81. The summed E-state index contributed by atoms with van der Waals surface area (Å²) in [6, 6.07) is 22.9. The Balaban J connectivity index is 1.44. The van der Waals surface area contributed by atoms with Gasteiger partial charge in [0.05, 0.1) is 28.5 Å². The van der Waals surface area contributed by atoms with E-state index in [1.54, 1.807) is 0 Å². The molecule has 6 rings (SSSR count). The lowest BCUT2D eigenvalue weighted by Gasteiger charge is -2.37. The Bertz CT molecular complexity index is 1580. The van der Waals surface area contributed by atoms with Crippen LogP contribution in [0.1, 0.15) is 55.0 Å². The van der Waals surface area contributed by atoms with E-state index in [-0.39, 0.29) is 12.1 Å². The minimum absolute atomic E-state index is 0.110. The van der Waals surface area contributed by atoms with Crippen LogP contribution in [0, 0.1) is 25.7 Å². The minimum Gasteiger partial charge on any atom is -0.370 e. The van der Waals surface area contributed by atoms with Gasteiger partial charge in [0.15, 0.2) is 5.11 Å². The molecule has 4 atom stereocenters. The molecule has 1 N–H and O–H groups in total. The van der Waals surface area contributed by atoms with Crippen LogP contribution in [0.2, 0.25) is 5.02 Å². The van der Waals surface area contributed by atoms with Crippen LogP contribution in [0.4, 0.5) is 11.4 Å². The van der Waals surface area contributed by atoms with Crippen molar-refractivity contribution in [3.05, 3.63) is 105 Å². The van der Waals surface area contributed by atoms with Crippen molar-refractivity contribution in [1.82, 2.24) is 14.9 Å². The molecule has 2 aromatic carbocycles. The Morgan fingerprint density at radius 2 is 1.73 bits per heavy atom. The number of aryl methyl sites for hydroxylation is 1. The van der Waals surface area contributed by atoms with Crippen molar-refractivity contribution in [1.29, 1.82) is 0 Å². The van der Waals surface area contributed by atoms with Gasteiger partial charge in [-0.05, 0) is 104 Å². The Morgan fingerprint density at radius 3 is 2.41 bits per heavy atom. The van der Waals surface area contributed by atoms with E-state index in [1.165, 1.54) is 17.7 Å². The number of hydrogen-bond acceptors (Lipinski definition) is 3. The van der Waals surface area contributed by atoms with E-state index >= 15 is 0 Å². The number of benzene rings is 2. The first-order chi connectivity index (χ1) is 19.7. The van der Waals surface area contributed by atoms with E-state index < -0.39 is 0 Å². The second-order valence-electron chi connectivity index (χ2n) is 11.6. The Morgan fingerprint density at radius 1 is 0.951 bits per heavy atom. The van der Waals surface area contributed by atoms with Crippen molar-refractivity contribution in [2.45, 2.75) is 46.2 Å². The van der Waals surface area contributed by atoms with Gasteiger partial charge < -0.3 is 19.7 Å². The zero-order chi connectivity index (χ0) is 28.8. The summed E-state index contributed by atoms with van der Waals surface area (Å²) in [4.78, 5) is 9.40. The monoisotopic (exact) mass is 647 g/mol. The molecule has 212 valence electrons. The molecular formula is C33H35BrClN5S. The number of rotatable bonds is 5. The van der Waals surface area contributed by atoms with Crippen molar-refractivity contribution in [2.75, 3.05) is 22.9 Å². The van der Waals surface area contributed by atoms with E-state index in [0.717, 1.165) is 51.0 Å². The second kappa shape index (κ2) is 11.4. The number of nitrogens with zero attached hydrogens (tertiary/aromatic N) is 4. The van der Waals surface area contributed by atoms with Crippen molar-refractivity contribution in [2.24, 2.45) is 11.8 Å². The predicted octanol–water partition coefficient (Wildman–Crippen LogP) is 8.56. The van der Waals surface area contributed by atoms with Gasteiger partial charge in [-0.3, -0.25) is 4.98 Å². The molecule has 0 amide bonds. The Kier molecular flexibility index (Phi) is 7.88. The zero-order valence-corrected chi connectivity index (χ0v) is 27.0. The van der Waals surface area contributed by atoms with Crippen LogP contribution >= 0.6 is 39.7 Å². The van der Waals surface area contributed by atoms with Gasteiger partial charge in [-0.25, -0.2) is 0 Å². The highest BCUT2D eigenvalue weighted by Crippen LogP contribution is 2.45. The molecule has 2 aliphatic rings. The first-order valence-corrected chi connectivity index (χ1v) is 15.8. The molecule has 2 aliphatic heterocycles. The normalized spacial score (nSPS) is 22.7. The highest BCUT2D eigenvalue weighted by molar-refractivity contribution is 9.10. The van der Waals surface area contributed by atoms with Gasteiger partial charge in [-0.2, -0.15) is 0 Å². The standard InChI is InChI=1S/C33H35BrClN5S/c1-20-14-21(2)19-38(18-20)30-12-11-26(17-28(30)35)40-32(31(37-33(40)41)29-10-5-6-13-36-29)27-15-22(3)39(23(27)4)25-9-7-8-24(34)16-25/h5-13,15-17,20-21,31-32H,14,18-19H2,1-4H3,(H,37,41)/t20-,21+,31-,32+/m1/s1. The maximum Gasteiger partial charge on any atom is 0.174 e. The van der Waals surface area contributed by atoms with Crippen molar-refractivity contribution in [3.63, 3.8) is 0 Å². The molecule has 0 unspecified atom stereocenters. The number of anilines is 2. The topological polar surface area (TPSA) is 36.3 Å². The lowest BCUT2D eigenvalue weighted by Crippen LogP contribution is -2.38. The molecule has 0 bridgehead atoms. The van der Waals surface area contributed by atoms with Crippen molar-refractivity contribution in [3.8, 4) is 5.69 Å². The summed E-state index contributed by atoms with van der Waals surface area (Å²) in [6.45, 7) is 11.0. The molecule has 0 spiro atoms. The highest BCUT2D eigenvalue weighted by atomic mass is 79.9. The average Bonchev–Trinajstić information content (AvgIpc) is 3.43. The maximum absolute atomic E-state index is 7.03. The van der Waals surface area contributed by atoms with Gasteiger partial charge in [0, 0.05) is 46.5 Å². The van der Waals surface area contributed by atoms with Gasteiger partial charge in [0.2, 0.25) is 0 Å². The molecule has 0 saturated carbocycles. The van der Waals surface area contributed by atoms with Gasteiger partial charge in [-0.15, -0.1) is 0 Å². The van der Waals surface area contributed by atoms with E-state index in [9.17, 15) is 0 Å². The molecule has 2 saturated heterocycles. The molecule has 5 nitrogen and oxygen atoms in total. The van der Waals surface area contributed by atoms with Gasteiger partial charge in [0.1, 0.15) is 0 Å². The minimum atomic E-state index is -0.123. The summed E-state index contributed by atoms with van der Waals surface area (Å²) in [7, 11) is 0. The number of piperidine rings is 1. The number of hydrogen-bond donors (Lipinski definition) is 1. The maximum atomic E-state index is 7.03. The highest BCUT2D eigenvalue weighted by Gasteiger charge is 2.42. The molecule has 2 aromatic heterocycles. The fraction of sp³-hybridized carbons (Fsp3) is 0.333. The molecule has 4 heterocycles. The number of aromatic nitrogens is 2. The fourth-order valence-corrected chi connectivity index (χ4v) is 7.84. The Labute approximate surface area is 261 Å². The van der Waals surface area contributed by atoms with E-state index in [2.05, 4.69) is 118 Å². The van der Waals surface area contributed by atoms with E-state index in [4.69, 9.17) is 28.8 Å². The lowest BCUT2D eigenvalue weighted by molar-refractivity contribution is 0.357. The van der Waals surface area contributed by atoms with E-state index in [0.29, 0.717) is 16.9 Å². The van der Waals surface area contributed by atoms with Crippen LogP contribution in [-0.2, 0) is 0 Å². The third-order valence-electron chi connectivity index (χ3n) is 8.37. The quantitative estimate of drug-likeness (QED) is 0.220.